The molecule has 124 valence electrons. The zero-order valence-electron chi connectivity index (χ0n) is 12.9. The molecule has 22 heavy (non-hydrogen) atoms. The molecule has 1 aromatic carbocycles. The summed E-state index contributed by atoms with van der Waals surface area (Å²) < 4.78 is 18.2. The van der Waals surface area contributed by atoms with Gasteiger partial charge in [0, 0.05) is 13.1 Å². The van der Waals surface area contributed by atoms with E-state index in [0.717, 1.165) is 32.5 Å². The molecule has 0 atom stereocenters. The summed E-state index contributed by atoms with van der Waals surface area (Å²) in [5.41, 5.74) is 0. The summed E-state index contributed by atoms with van der Waals surface area (Å²) in [4.78, 5) is 14.0. The summed E-state index contributed by atoms with van der Waals surface area (Å²) in [6, 6.07) is 5.85. The summed E-state index contributed by atoms with van der Waals surface area (Å²) >= 11 is 0. The molecule has 4 nitrogen and oxygen atoms in total. The van der Waals surface area contributed by atoms with E-state index in [2.05, 4.69) is 5.32 Å². The Kier molecular flexibility index (Phi) is 8.20. The minimum atomic E-state index is -0.289. The Morgan fingerprint density at radius 1 is 1.32 bits per heavy atom. The summed E-state index contributed by atoms with van der Waals surface area (Å²) in [7, 11) is 1.96. The number of benzene rings is 1. The molecule has 1 amide bonds. The first kappa shape index (κ1) is 18.7. The second-order valence-corrected chi connectivity index (χ2v) is 5.43. The van der Waals surface area contributed by atoms with Crippen LogP contribution in [-0.4, -0.2) is 44.1 Å². The molecule has 0 radical (unpaired) electrons. The Hall–Kier alpha value is -1.33. The number of nitrogens with zero attached hydrogens (tertiary/aromatic N) is 1. The Morgan fingerprint density at radius 3 is 2.55 bits per heavy atom. The van der Waals surface area contributed by atoms with Gasteiger partial charge in [-0.25, -0.2) is 4.39 Å². The van der Waals surface area contributed by atoms with Crippen LogP contribution in [0.2, 0.25) is 0 Å². The van der Waals surface area contributed by atoms with E-state index in [0.29, 0.717) is 24.7 Å². The van der Waals surface area contributed by atoms with Crippen LogP contribution in [0.3, 0.4) is 0 Å². The van der Waals surface area contributed by atoms with Crippen molar-refractivity contribution in [2.24, 2.45) is 5.92 Å². The Labute approximate surface area is 137 Å². The molecule has 0 unspecified atom stereocenters. The van der Waals surface area contributed by atoms with Gasteiger partial charge in [-0.3, -0.25) is 4.79 Å². The minimum absolute atomic E-state index is 0. The van der Waals surface area contributed by atoms with Crippen LogP contribution in [0.25, 0.3) is 0 Å². The van der Waals surface area contributed by atoms with E-state index in [1.165, 1.54) is 12.1 Å². The third kappa shape index (κ3) is 5.81. The second kappa shape index (κ2) is 9.64. The van der Waals surface area contributed by atoms with Crippen molar-refractivity contribution in [1.82, 2.24) is 10.2 Å². The molecule has 0 spiro atoms. The van der Waals surface area contributed by atoms with E-state index in [4.69, 9.17) is 4.74 Å². The minimum Gasteiger partial charge on any atom is -0.493 e. The fourth-order valence-corrected chi connectivity index (χ4v) is 2.62. The lowest BCUT2D eigenvalue weighted by Gasteiger charge is -2.32. The number of amides is 1. The van der Waals surface area contributed by atoms with Gasteiger partial charge in [-0.15, -0.1) is 12.4 Å². The summed E-state index contributed by atoms with van der Waals surface area (Å²) in [5.74, 6) is 1.12. The monoisotopic (exact) mass is 330 g/mol. The average Bonchev–Trinajstić information content (AvgIpc) is 2.50. The zero-order chi connectivity index (χ0) is 15.1. The van der Waals surface area contributed by atoms with E-state index in [-0.39, 0.29) is 24.1 Å². The fourth-order valence-electron chi connectivity index (χ4n) is 2.62. The molecule has 1 heterocycles. The van der Waals surface area contributed by atoms with Crippen molar-refractivity contribution in [2.75, 3.05) is 33.3 Å². The highest BCUT2D eigenvalue weighted by atomic mass is 35.5. The number of rotatable bonds is 6. The van der Waals surface area contributed by atoms with Gasteiger partial charge in [0.25, 0.3) is 0 Å². The molecular weight excluding hydrogens is 307 g/mol. The van der Waals surface area contributed by atoms with Crippen molar-refractivity contribution in [3.63, 3.8) is 0 Å². The largest absolute Gasteiger partial charge is 0.493 e. The van der Waals surface area contributed by atoms with Crippen LogP contribution in [0.4, 0.5) is 4.39 Å². The van der Waals surface area contributed by atoms with E-state index in [9.17, 15) is 9.18 Å². The van der Waals surface area contributed by atoms with E-state index in [1.54, 1.807) is 12.1 Å². The molecule has 1 N–H and O–H groups in total. The normalized spacial score (nSPS) is 15.3. The van der Waals surface area contributed by atoms with Crippen molar-refractivity contribution in [2.45, 2.75) is 19.3 Å². The van der Waals surface area contributed by atoms with Gasteiger partial charge < -0.3 is 15.0 Å². The van der Waals surface area contributed by atoms with E-state index in [1.807, 2.05) is 11.9 Å². The average molecular weight is 331 g/mol. The van der Waals surface area contributed by atoms with Crippen LogP contribution >= 0.6 is 12.4 Å². The third-order valence-corrected chi connectivity index (χ3v) is 3.86. The molecular formula is C16H24ClFN2O2. The molecule has 1 fully saturated rings. The summed E-state index contributed by atoms with van der Waals surface area (Å²) in [6.45, 7) is 3.03. The van der Waals surface area contributed by atoms with Crippen molar-refractivity contribution in [1.29, 1.82) is 0 Å². The van der Waals surface area contributed by atoms with Crippen LogP contribution in [0, 0.1) is 11.7 Å². The van der Waals surface area contributed by atoms with Crippen molar-refractivity contribution in [3.05, 3.63) is 30.1 Å². The number of likely N-dealkylation sites (tertiary alicyclic amines) is 1. The fraction of sp³-hybridized carbons (Fsp3) is 0.562. The molecule has 6 heteroatoms. The van der Waals surface area contributed by atoms with Crippen molar-refractivity contribution < 1.29 is 13.9 Å². The molecule has 2 rings (SSSR count). The maximum Gasteiger partial charge on any atom is 0.225 e. The maximum absolute atomic E-state index is 12.7. The third-order valence-electron chi connectivity index (χ3n) is 3.86. The first-order valence-corrected chi connectivity index (χ1v) is 7.50. The highest BCUT2D eigenvalue weighted by molar-refractivity contribution is 5.85. The van der Waals surface area contributed by atoms with Crippen LogP contribution in [0.1, 0.15) is 19.3 Å². The first-order valence-electron chi connectivity index (χ1n) is 7.50. The molecule has 0 aromatic heterocycles. The van der Waals surface area contributed by atoms with Gasteiger partial charge in [0.05, 0.1) is 13.0 Å². The molecule has 1 aliphatic heterocycles. The Balaban J connectivity index is 0.00000242. The maximum atomic E-state index is 12.7. The highest BCUT2D eigenvalue weighted by Crippen LogP contribution is 2.17. The van der Waals surface area contributed by atoms with E-state index >= 15 is 0 Å². The lowest BCUT2D eigenvalue weighted by molar-refractivity contribution is -0.133. The molecule has 0 saturated carbocycles. The SMILES string of the molecule is CNCC1CCN(C(=O)CCOc2ccc(F)cc2)CC1.Cl. The molecule has 1 aromatic rings. The number of carbonyl (C=O) groups excluding carboxylic acids is 1. The van der Waals surface area contributed by atoms with Gasteiger partial charge in [0.15, 0.2) is 0 Å². The van der Waals surface area contributed by atoms with Gasteiger partial charge >= 0.3 is 0 Å². The van der Waals surface area contributed by atoms with Crippen LogP contribution in [0.5, 0.6) is 5.75 Å². The summed E-state index contributed by atoms with van der Waals surface area (Å²) in [5, 5.41) is 3.19. The van der Waals surface area contributed by atoms with Crippen molar-refractivity contribution >= 4 is 18.3 Å². The van der Waals surface area contributed by atoms with Gasteiger partial charge in [-0.05, 0) is 56.6 Å². The van der Waals surface area contributed by atoms with Gasteiger partial charge in [0.1, 0.15) is 11.6 Å². The predicted octanol–water partition coefficient (Wildman–Crippen LogP) is 2.47. The van der Waals surface area contributed by atoms with Gasteiger partial charge in [0.2, 0.25) is 5.91 Å². The van der Waals surface area contributed by atoms with Crippen molar-refractivity contribution in [3.8, 4) is 5.75 Å². The number of hydrogen-bond donors (Lipinski definition) is 1. The topological polar surface area (TPSA) is 41.6 Å². The van der Waals surface area contributed by atoms with Gasteiger partial charge in [-0.2, -0.15) is 0 Å². The van der Waals surface area contributed by atoms with Crippen LogP contribution in [0.15, 0.2) is 24.3 Å². The lowest BCUT2D eigenvalue weighted by atomic mass is 9.97. The standard InChI is InChI=1S/C16H23FN2O2.ClH/c1-18-12-13-6-9-19(10-7-13)16(20)8-11-21-15-4-2-14(17)3-5-15;/h2-5,13,18H,6-12H2,1H3;1H. The number of hydrogen-bond acceptors (Lipinski definition) is 3. The zero-order valence-corrected chi connectivity index (χ0v) is 13.7. The smallest absolute Gasteiger partial charge is 0.225 e. The molecule has 0 aliphatic carbocycles. The predicted molar refractivity (Wildman–Crippen MR) is 87.0 cm³/mol. The first-order chi connectivity index (χ1) is 10.2. The second-order valence-electron chi connectivity index (χ2n) is 5.43. The number of ether oxygens (including phenoxy) is 1. The highest BCUT2D eigenvalue weighted by Gasteiger charge is 2.21. The number of halogens is 2. The quantitative estimate of drug-likeness (QED) is 0.871. The van der Waals surface area contributed by atoms with Crippen LogP contribution < -0.4 is 10.1 Å². The molecule has 0 bridgehead atoms. The number of piperidine rings is 1. The molecule has 1 saturated heterocycles. The van der Waals surface area contributed by atoms with E-state index < -0.39 is 0 Å². The summed E-state index contributed by atoms with van der Waals surface area (Å²) in [6.07, 6.45) is 2.49. The number of carbonyl (C=O) groups is 1. The van der Waals surface area contributed by atoms with Crippen LogP contribution in [-0.2, 0) is 4.79 Å². The Morgan fingerprint density at radius 2 is 1.95 bits per heavy atom. The number of nitrogens with one attached hydrogen (secondary N) is 1. The lowest BCUT2D eigenvalue weighted by Crippen LogP contribution is -2.40. The molecule has 1 aliphatic rings. The Bertz CT molecular complexity index is 448. The van der Waals surface area contributed by atoms with Gasteiger partial charge in [-0.1, -0.05) is 0 Å².